The average Bonchev–Trinajstić information content (AvgIpc) is 3.12. The number of ether oxygens (including phenoxy) is 1. The average molecular weight is 376 g/mol. The van der Waals surface area contributed by atoms with Crippen molar-refractivity contribution in [3.63, 3.8) is 0 Å². The second-order valence-corrected chi connectivity index (χ2v) is 7.00. The molecule has 25 heavy (non-hydrogen) atoms. The van der Waals surface area contributed by atoms with Gasteiger partial charge in [-0.15, -0.1) is 0 Å². The second kappa shape index (κ2) is 8.61. The molecule has 6 heteroatoms. The fourth-order valence-corrected chi connectivity index (χ4v) is 3.32. The molecule has 0 bridgehead atoms. The molecule has 1 aromatic carbocycles. The Morgan fingerprint density at radius 3 is 2.88 bits per heavy atom. The fourth-order valence-electron chi connectivity index (χ4n) is 2.90. The summed E-state index contributed by atoms with van der Waals surface area (Å²) in [6, 6.07) is 9.91. The first-order valence-electron chi connectivity index (χ1n) is 8.45. The maximum Gasteiger partial charge on any atom is 0.173 e. The summed E-state index contributed by atoms with van der Waals surface area (Å²) >= 11 is 12.1. The van der Waals surface area contributed by atoms with Gasteiger partial charge in [-0.05, 0) is 61.3 Å². The molecular weight excluding hydrogens is 354 g/mol. The van der Waals surface area contributed by atoms with Gasteiger partial charge >= 0.3 is 0 Å². The lowest BCUT2D eigenvalue weighted by Gasteiger charge is -2.28. The van der Waals surface area contributed by atoms with Crippen LogP contribution in [0.15, 0.2) is 42.7 Å². The monoisotopic (exact) mass is 375 g/mol. The highest BCUT2D eigenvalue weighted by Gasteiger charge is 2.21. The zero-order valence-electron chi connectivity index (χ0n) is 14.2. The van der Waals surface area contributed by atoms with Crippen molar-refractivity contribution in [3.8, 4) is 0 Å². The van der Waals surface area contributed by atoms with E-state index in [1.54, 1.807) is 12.4 Å². The Labute approximate surface area is 159 Å². The van der Waals surface area contributed by atoms with Crippen LogP contribution in [0.2, 0.25) is 5.02 Å². The first-order chi connectivity index (χ1) is 12.1. The van der Waals surface area contributed by atoms with E-state index < -0.39 is 0 Å². The number of nitrogens with zero attached hydrogens (tertiary/aromatic N) is 2. The number of anilines is 1. The Hall–Kier alpha value is -1.69. The molecule has 0 radical (unpaired) electrons. The van der Waals surface area contributed by atoms with E-state index in [1.807, 2.05) is 37.3 Å². The van der Waals surface area contributed by atoms with Crippen molar-refractivity contribution in [2.75, 3.05) is 18.5 Å². The summed E-state index contributed by atoms with van der Waals surface area (Å²) in [5.74, 6) is 0. The van der Waals surface area contributed by atoms with Crippen molar-refractivity contribution in [2.24, 2.45) is 0 Å². The van der Waals surface area contributed by atoms with Crippen molar-refractivity contribution in [1.29, 1.82) is 0 Å². The van der Waals surface area contributed by atoms with E-state index in [9.17, 15) is 0 Å². The highest BCUT2D eigenvalue weighted by atomic mass is 35.5. The van der Waals surface area contributed by atoms with Gasteiger partial charge in [0.05, 0.1) is 16.8 Å². The van der Waals surface area contributed by atoms with Crippen molar-refractivity contribution < 1.29 is 4.74 Å². The maximum atomic E-state index is 6.40. The Morgan fingerprint density at radius 1 is 1.36 bits per heavy atom. The van der Waals surface area contributed by atoms with Gasteiger partial charge in [0.2, 0.25) is 0 Å². The summed E-state index contributed by atoms with van der Waals surface area (Å²) in [5, 5.41) is 4.65. The molecule has 1 atom stereocenters. The molecule has 0 amide bonds. The summed E-state index contributed by atoms with van der Waals surface area (Å²) < 4.78 is 5.80. The number of rotatable bonds is 5. The van der Waals surface area contributed by atoms with E-state index in [1.165, 1.54) is 0 Å². The minimum Gasteiger partial charge on any atom is -0.376 e. The van der Waals surface area contributed by atoms with E-state index in [0.717, 1.165) is 42.8 Å². The van der Waals surface area contributed by atoms with Crippen LogP contribution in [0.5, 0.6) is 0 Å². The van der Waals surface area contributed by atoms with E-state index in [0.29, 0.717) is 16.7 Å². The molecular formula is C19H22ClN3OS. The topological polar surface area (TPSA) is 37.4 Å². The Morgan fingerprint density at radius 2 is 2.16 bits per heavy atom. The van der Waals surface area contributed by atoms with E-state index in [-0.39, 0.29) is 6.10 Å². The lowest BCUT2D eigenvalue weighted by atomic mass is 10.2. The molecule has 0 unspecified atom stereocenters. The zero-order chi connectivity index (χ0) is 17.6. The first kappa shape index (κ1) is 18.1. The van der Waals surface area contributed by atoms with Crippen LogP contribution in [0.25, 0.3) is 0 Å². The predicted octanol–water partition coefficient (Wildman–Crippen LogP) is 4.42. The zero-order valence-corrected chi connectivity index (χ0v) is 15.8. The molecule has 1 aliphatic heterocycles. The molecule has 2 heterocycles. The summed E-state index contributed by atoms with van der Waals surface area (Å²) in [6.07, 6.45) is 5.99. The van der Waals surface area contributed by atoms with Crippen LogP contribution in [0.4, 0.5) is 5.69 Å². The van der Waals surface area contributed by atoms with Gasteiger partial charge in [0.25, 0.3) is 0 Å². The number of benzene rings is 1. The van der Waals surface area contributed by atoms with Crippen molar-refractivity contribution in [3.05, 3.63) is 58.9 Å². The molecule has 2 aromatic rings. The van der Waals surface area contributed by atoms with Gasteiger partial charge in [0, 0.05) is 32.1 Å². The summed E-state index contributed by atoms with van der Waals surface area (Å²) in [4.78, 5) is 6.22. The second-order valence-electron chi connectivity index (χ2n) is 6.24. The molecule has 1 fully saturated rings. The van der Waals surface area contributed by atoms with Crippen molar-refractivity contribution >= 4 is 34.6 Å². The molecule has 0 spiro atoms. The third kappa shape index (κ3) is 4.91. The van der Waals surface area contributed by atoms with Crippen molar-refractivity contribution in [2.45, 2.75) is 32.4 Å². The number of aryl methyl sites for hydroxylation is 1. The van der Waals surface area contributed by atoms with E-state index in [2.05, 4.69) is 15.2 Å². The lowest BCUT2D eigenvalue weighted by Crippen LogP contribution is -2.39. The Balaban J connectivity index is 1.74. The first-order valence-corrected chi connectivity index (χ1v) is 9.23. The summed E-state index contributed by atoms with van der Waals surface area (Å²) in [7, 11) is 0. The molecule has 1 aliphatic rings. The van der Waals surface area contributed by atoms with Crippen LogP contribution in [0, 0.1) is 6.92 Å². The van der Waals surface area contributed by atoms with Gasteiger partial charge in [-0.3, -0.25) is 4.98 Å². The van der Waals surface area contributed by atoms with Gasteiger partial charge in [-0.2, -0.15) is 0 Å². The summed E-state index contributed by atoms with van der Waals surface area (Å²) in [5.41, 5.74) is 3.01. The molecule has 1 aromatic heterocycles. The third-order valence-corrected chi connectivity index (χ3v) is 5.15. The minimum absolute atomic E-state index is 0.217. The number of nitrogens with one attached hydrogen (secondary N) is 1. The van der Waals surface area contributed by atoms with Crippen LogP contribution in [-0.4, -0.2) is 34.3 Å². The molecule has 1 saturated heterocycles. The number of halogens is 1. The van der Waals surface area contributed by atoms with Crippen LogP contribution >= 0.6 is 23.8 Å². The predicted molar refractivity (Wildman–Crippen MR) is 106 cm³/mol. The molecule has 132 valence electrons. The molecule has 1 N–H and O–H groups in total. The van der Waals surface area contributed by atoms with Gasteiger partial charge in [-0.1, -0.05) is 23.7 Å². The summed E-state index contributed by atoms with van der Waals surface area (Å²) in [6.45, 7) is 4.28. The Kier molecular flexibility index (Phi) is 6.24. The number of hydrogen-bond acceptors (Lipinski definition) is 3. The van der Waals surface area contributed by atoms with Gasteiger partial charge in [-0.25, -0.2) is 0 Å². The number of aromatic nitrogens is 1. The Bertz CT molecular complexity index is 720. The number of thiocarbonyl (C=S) groups is 1. The number of pyridine rings is 1. The smallest absolute Gasteiger partial charge is 0.173 e. The standard InChI is InChI=1S/C19H22ClN3OS/c1-14-4-2-6-17(18(14)20)22-19(25)23(13-16-5-3-11-24-16)12-15-7-9-21-10-8-15/h2,4,6-10,16H,3,5,11-13H2,1H3,(H,22,25)/t16-/m1/s1. The van der Waals surface area contributed by atoms with E-state index in [4.69, 9.17) is 28.6 Å². The van der Waals surface area contributed by atoms with Crippen LogP contribution in [0.3, 0.4) is 0 Å². The quantitative estimate of drug-likeness (QED) is 0.783. The van der Waals surface area contributed by atoms with Crippen molar-refractivity contribution in [1.82, 2.24) is 9.88 Å². The molecule has 0 saturated carbocycles. The number of hydrogen-bond donors (Lipinski definition) is 1. The molecule has 3 rings (SSSR count). The normalized spacial score (nSPS) is 16.6. The van der Waals surface area contributed by atoms with Gasteiger partial charge in [0.15, 0.2) is 5.11 Å². The highest BCUT2D eigenvalue weighted by Crippen LogP contribution is 2.26. The lowest BCUT2D eigenvalue weighted by molar-refractivity contribution is 0.0905. The SMILES string of the molecule is Cc1cccc(NC(=S)N(Cc2ccncc2)C[C@H]2CCCO2)c1Cl. The van der Waals surface area contributed by atoms with Crippen LogP contribution < -0.4 is 5.32 Å². The third-order valence-electron chi connectivity index (χ3n) is 4.29. The van der Waals surface area contributed by atoms with Gasteiger partial charge < -0.3 is 15.0 Å². The molecule has 0 aliphatic carbocycles. The van der Waals surface area contributed by atoms with E-state index >= 15 is 0 Å². The van der Waals surface area contributed by atoms with Crippen LogP contribution in [-0.2, 0) is 11.3 Å². The molecule has 4 nitrogen and oxygen atoms in total. The largest absolute Gasteiger partial charge is 0.376 e. The fraction of sp³-hybridized carbons (Fsp3) is 0.368. The maximum absolute atomic E-state index is 6.40. The van der Waals surface area contributed by atoms with Gasteiger partial charge in [0.1, 0.15) is 0 Å². The minimum atomic E-state index is 0.217. The van der Waals surface area contributed by atoms with Crippen LogP contribution in [0.1, 0.15) is 24.0 Å². The highest BCUT2D eigenvalue weighted by molar-refractivity contribution is 7.80.